The lowest BCUT2D eigenvalue weighted by molar-refractivity contribution is -0.398. The summed E-state index contributed by atoms with van der Waals surface area (Å²) < 4.78 is 4.85. The van der Waals surface area contributed by atoms with Crippen LogP contribution in [0, 0.1) is 0 Å². The molecule has 8 heavy (non-hydrogen) atoms. The molecule has 42 valence electrons. The fourth-order valence-corrected chi connectivity index (χ4v) is 0.737. The lowest BCUT2D eigenvalue weighted by Crippen LogP contribution is -2.01. The molecule has 1 aromatic heterocycles. The number of rotatable bonds is 1. The third kappa shape index (κ3) is 0.510. The van der Waals surface area contributed by atoms with E-state index in [9.17, 15) is 0 Å². The van der Waals surface area contributed by atoms with Gasteiger partial charge >= 0.3 is 12.2 Å². The Morgan fingerprint density at radius 2 is 2.62 bits per heavy atom. The Balaban J connectivity index is 2.28. The van der Waals surface area contributed by atoms with Crippen molar-refractivity contribution in [2.45, 2.75) is 18.8 Å². The van der Waals surface area contributed by atoms with Gasteiger partial charge in [-0.15, -0.1) is 0 Å². The van der Waals surface area contributed by atoms with Crippen LogP contribution in [0.3, 0.4) is 0 Å². The van der Waals surface area contributed by atoms with E-state index < -0.39 is 0 Å². The molecule has 2 rings (SSSR count). The van der Waals surface area contributed by atoms with E-state index >= 15 is 0 Å². The van der Waals surface area contributed by atoms with Crippen LogP contribution >= 0.6 is 0 Å². The van der Waals surface area contributed by atoms with Gasteiger partial charge in [-0.3, -0.25) is 0 Å². The molecule has 0 aliphatic heterocycles. The van der Waals surface area contributed by atoms with Gasteiger partial charge in [0.2, 0.25) is 0 Å². The smallest absolute Gasteiger partial charge is 0.218 e. The lowest BCUT2D eigenvalue weighted by Gasteiger charge is -1.71. The molecule has 1 aromatic rings. The lowest BCUT2D eigenvalue weighted by atomic mass is 10.4. The van der Waals surface area contributed by atoms with Crippen LogP contribution in [0.25, 0.3) is 0 Å². The van der Waals surface area contributed by atoms with Gasteiger partial charge in [0.25, 0.3) is 0 Å². The summed E-state index contributed by atoms with van der Waals surface area (Å²) in [6, 6.07) is 0. The molecule has 0 saturated heterocycles. The minimum Gasteiger partial charge on any atom is -0.218 e. The number of nitrogens with zero attached hydrogens (tertiary/aromatic N) is 1. The molecule has 3 nitrogen and oxygen atoms in total. The number of hydrogen-bond acceptors (Lipinski definition) is 2. The molecule has 0 atom stereocenters. The van der Waals surface area contributed by atoms with Crippen LogP contribution in [0.2, 0.25) is 0 Å². The zero-order valence-corrected chi connectivity index (χ0v) is 4.42. The average Bonchev–Trinajstić information content (AvgIpc) is 2.49. The topological polar surface area (TPSA) is 40.2 Å². The van der Waals surface area contributed by atoms with Crippen molar-refractivity contribution in [2.24, 2.45) is 0 Å². The number of aromatic amines is 1. The van der Waals surface area contributed by atoms with Gasteiger partial charge in [0.1, 0.15) is 0 Å². The van der Waals surface area contributed by atoms with Gasteiger partial charge in [0.05, 0.1) is 5.92 Å². The Bertz CT molecular complexity index is 167. The zero-order valence-electron chi connectivity index (χ0n) is 4.42. The number of H-pyrrole nitrogens is 1. The number of aromatic nitrogens is 2. The minimum atomic E-state index is 0.650. The van der Waals surface area contributed by atoms with Crippen molar-refractivity contribution in [3.63, 3.8) is 0 Å². The highest BCUT2D eigenvalue weighted by Crippen LogP contribution is 2.37. The molecule has 0 bridgehead atoms. The third-order valence-electron chi connectivity index (χ3n) is 1.36. The van der Waals surface area contributed by atoms with Crippen LogP contribution in [0.5, 0.6) is 0 Å². The molecule has 1 aliphatic carbocycles. The maximum absolute atomic E-state index is 4.85. The van der Waals surface area contributed by atoms with E-state index in [4.69, 9.17) is 4.52 Å². The standard InChI is InChI=1S/C5H6N2O/c1-2-4(1)5-6-3-7-8-5/h3-4H,1-2H2/p+1. The van der Waals surface area contributed by atoms with E-state index in [1.54, 1.807) is 6.33 Å². The maximum Gasteiger partial charge on any atom is 0.334 e. The second-order valence-corrected chi connectivity index (χ2v) is 2.11. The highest BCUT2D eigenvalue weighted by atomic mass is 16.5. The second kappa shape index (κ2) is 1.31. The Hall–Kier alpha value is -0.860. The SMILES string of the molecule is c1noc(C2CC2)[nH+]1. The molecular formula is C5H7N2O+. The number of nitrogens with one attached hydrogen (secondary N) is 1. The molecule has 0 radical (unpaired) electrons. The van der Waals surface area contributed by atoms with Gasteiger partial charge in [-0.05, 0) is 12.8 Å². The molecule has 0 unspecified atom stereocenters. The summed E-state index contributed by atoms with van der Waals surface area (Å²) in [5.74, 6) is 1.59. The van der Waals surface area contributed by atoms with Crippen molar-refractivity contribution in [1.82, 2.24) is 5.16 Å². The normalized spacial score (nSPS) is 19.0. The molecular weight excluding hydrogens is 104 g/mol. The van der Waals surface area contributed by atoms with Crippen molar-refractivity contribution in [1.29, 1.82) is 0 Å². The fraction of sp³-hybridized carbons (Fsp3) is 0.600. The van der Waals surface area contributed by atoms with Gasteiger partial charge < -0.3 is 0 Å². The Morgan fingerprint density at radius 1 is 1.75 bits per heavy atom. The summed E-state index contributed by atoms with van der Waals surface area (Å²) >= 11 is 0. The molecule has 3 heteroatoms. The van der Waals surface area contributed by atoms with Crippen LogP contribution in [0.4, 0.5) is 0 Å². The second-order valence-electron chi connectivity index (χ2n) is 2.11. The van der Waals surface area contributed by atoms with Crippen LogP contribution < -0.4 is 4.98 Å². The third-order valence-corrected chi connectivity index (χ3v) is 1.36. The molecule has 1 aliphatic rings. The molecule has 0 amide bonds. The van der Waals surface area contributed by atoms with Crippen molar-refractivity contribution in [3.8, 4) is 0 Å². The van der Waals surface area contributed by atoms with Crippen molar-refractivity contribution in [2.75, 3.05) is 0 Å². The van der Waals surface area contributed by atoms with E-state index in [0.717, 1.165) is 5.89 Å². The fourth-order valence-electron chi connectivity index (χ4n) is 0.737. The van der Waals surface area contributed by atoms with Crippen molar-refractivity contribution in [3.05, 3.63) is 12.2 Å². The summed E-state index contributed by atoms with van der Waals surface area (Å²) in [5.41, 5.74) is 0. The molecule has 0 aromatic carbocycles. The monoisotopic (exact) mass is 111 g/mol. The Labute approximate surface area is 46.7 Å². The first-order valence-corrected chi connectivity index (χ1v) is 2.79. The summed E-state index contributed by atoms with van der Waals surface area (Å²) in [6.45, 7) is 0. The predicted molar refractivity (Wildman–Crippen MR) is 25.0 cm³/mol. The molecule has 0 spiro atoms. The van der Waals surface area contributed by atoms with E-state index in [-0.39, 0.29) is 0 Å². The molecule has 1 fully saturated rings. The van der Waals surface area contributed by atoms with Gasteiger partial charge in [-0.25, -0.2) is 9.51 Å². The molecule has 1 saturated carbocycles. The van der Waals surface area contributed by atoms with Crippen LogP contribution in [0.1, 0.15) is 24.7 Å². The number of hydrogen-bond donors (Lipinski definition) is 0. The minimum absolute atomic E-state index is 0.650. The highest BCUT2D eigenvalue weighted by molar-refractivity contribution is 4.93. The van der Waals surface area contributed by atoms with E-state index in [1.165, 1.54) is 12.8 Å². The van der Waals surface area contributed by atoms with Crippen molar-refractivity contribution < 1.29 is 9.51 Å². The van der Waals surface area contributed by atoms with Gasteiger partial charge in [0, 0.05) is 0 Å². The van der Waals surface area contributed by atoms with E-state index in [2.05, 4.69) is 10.1 Å². The summed E-state index contributed by atoms with van der Waals surface area (Å²) in [7, 11) is 0. The first-order chi connectivity index (χ1) is 3.97. The van der Waals surface area contributed by atoms with Gasteiger partial charge in [-0.2, -0.15) is 0 Å². The first kappa shape index (κ1) is 4.06. The van der Waals surface area contributed by atoms with Crippen molar-refractivity contribution >= 4 is 0 Å². The molecule has 1 heterocycles. The summed E-state index contributed by atoms with van der Waals surface area (Å²) in [6.07, 6.45) is 4.09. The van der Waals surface area contributed by atoms with Gasteiger partial charge in [-0.1, -0.05) is 0 Å². The van der Waals surface area contributed by atoms with Gasteiger partial charge in [0.15, 0.2) is 5.16 Å². The highest BCUT2D eigenvalue weighted by Gasteiger charge is 2.31. The zero-order chi connectivity index (χ0) is 5.40. The van der Waals surface area contributed by atoms with Crippen LogP contribution in [0.15, 0.2) is 10.9 Å². The molecule has 1 N–H and O–H groups in total. The quantitative estimate of drug-likeness (QED) is 0.525. The summed E-state index contributed by atoms with van der Waals surface area (Å²) in [5, 5.41) is 3.55. The van der Waals surface area contributed by atoms with Crippen LogP contribution in [-0.4, -0.2) is 5.16 Å². The largest absolute Gasteiger partial charge is 0.334 e. The first-order valence-electron chi connectivity index (χ1n) is 2.79. The maximum atomic E-state index is 4.85. The van der Waals surface area contributed by atoms with Crippen LogP contribution in [-0.2, 0) is 0 Å². The predicted octanol–water partition coefficient (Wildman–Crippen LogP) is 0.366. The Kier molecular flexibility index (Phi) is 0.664. The Morgan fingerprint density at radius 3 is 3.12 bits per heavy atom. The average molecular weight is 111 g/mol. The summed E-state index contributed by atoms with van der Waals surface area (Å²) in [4.78, 5) is 2.92. The van der Waals surface area contributed by atoms with E-state index in [0.29, 0.717) is 5.92 Å². The van der Waals surface area contributed by atoms with E-state index in [1.807, 2.05) is 0 Å².